The molecule has 51 heavy (non-hydrogen) atoms. The number of ether oxygens (including phenoxy) is 3. The van der Waals surface area contributed by atoms with E-state index in [2.05, 4.69) is 21.2 Å². The first-order valence-electron chi connectivity index (χ1n) is 14.1. The molecule has 2 aliphatic heterocycles. The Bertz CT molecular complexity index is 1490. The van der Waals surface area contributed by atoms with Crippen molar-refractivity contribution in [3.63, 3.8) is 0 Å². The van der Waals surface area contributed by atoms with Crippen LogP contribution >= 0.6 is 15.9 Å². The molecule has 2 heterocycles. The van der Waals surface area contributed by atoms with E-state index in [0.717, 1.165) is 6.92 Å². The maximum absolute atomic E-state index is 14.3. The zero-order valence-corrected chi connectivity index (χ0v) is 26.9. The third-order valence-electron chi connectivity index (χ3n) is 8.29. The van der Waals surface area contributed by atoms with Crippen molar-refractivity contribution in [2.75, 3.05) is 19.8 Å². The van der Waals surface area contributed by atoms with E-state index in [1.54, 1.807) is 12.1 Å². The monoisotopic (exact) mass is 843 g/mol. The van der Waals surface area contributed by atoms with Crippen LogP contribution in [0.3, 0.4) is 0 Å². The summed E-state index contributed by atoms with van der Waals surface area (Å²) in [6.45, 7) is 0.618. The molecular weight excluding hydrogens is 821 g/mol. The third kappa shape index (κ3) is 6.46. The first-order chi connectivity index (χ1) is 22.8. The van der Waals surface area contributed by atoms with Gasteiger partial charge in [0, 0.05) is 28.4 Å². The zero-order chi connectivity index (χ0) is 39.6. The molecule has 3 rings (SSSR count). The summed E-state index contributed by atoms with van der Waals surface area (Å²) in [5.74, 6) is -61.6. The number of halogens is 18. The van der Waals surface area contributed by atoms with E-state index < -0.39 is 102 Å². The molecule has 0 spiro atoms. The van der Waals surface area contributed by atoms with Gasteiger partial charge >= 0.3 is 59.6 Å². The average Bonchev–Trinajstić information content (AvgIpc) is 3.31. The van der Waals surface area contributed by atoms with Gasteiger partial charge < -0.3 is 14.2 Å². The van der Waals surface area contributed by atoms with Crippen LogP contribution in [-0.2, 0) is 19.1 Å². The van der Waals surface area contributed by atoms with Gasteiger partial charge in [0.2, 0.25) is 0 Å². The minimum Gasteiger partial charge on any atom is -0.493 e. The average molecular weight is 844 g/mol. The van der Waals surface area contributed by atoms with Crippen LogP contribution in [0, 0.1) is 11.8 Å². The summed E-state index contributed by atoms with van der Waals surface area (Å²) in [7, 11) is 0. The molecule has 1 aromatic rings. The van der Waals surface area contributed by atoms with Gasteiger partial charge in [0.15, 0.2) is 0 Å². The molecule has 4 unspecified atom stereocenters. The number of benzene rings is 1. The van der Waals surface area contributed by atoms with E-state index in [4.69, 9.17) is 14.2 Å². The molecule has 1 aromatic carbocycles. The highest BCUT2D eigenvalue weighted by molar-refractivity contribution is 9.10. The van der Waals surface area contributed by atoms with Gasteiger partial charge in [-0.15, -0.1) is 0 Å². The van der Waals surface area contributed by atoms with E-state index in [9.17, 15) is 84.2 Å². The van der Waals surface area contributed by atoms with Crippen LogP contribution < -0.4 is 10.1 Å². The van der Waals surface area contributed by atoms with Crippen LogP contribution in [0.5, 0.6) is 5.75 Å². The maximum atomic E-state index is 14.3. The van der Waals surface area contributed by atoms with E-state index in [1.165, 1.54) is 13.0 Å². The fourth-order valence-corrected chi connectivity index (χ4v) is 5.89. The minimum atomic E-state index is -8.73. The Hall–Kier alpha value is -2.79. The lowest BCUT2D eigenvalue weighted by molar-refractivity contribution is -0.461. The zero-order valence-electron chi connectivity index (χ0n) is 25.3. The number of alkyl halides is 17. The molecule has 6 nitrogen and oxygen atoms in total. The highest BCUT2D eigenvalue weighted by Crippen LogP contribution is 2.64. The normalized spacial score (nSPS) is 23.6. The van der Waals surface area contributed by atoms with Crippen LogP contribution in [0.15, 0.2) is 22.7 Å². The lowest BCUT2D eigenvalue weighted by Gasteiger charge is -2.42. The number of carbonyl (C=O) groups excluding carboxylic acids is 2. The van der Waals surface area contributed by atoms with Gasteiger partial charge in [-0.25, -0.2) is 0 Å². The lowest BCUT2D eigenvalue weighted by Crippen LogP contribution is -2.74. The Morgan fingerprint density at radius 3 is 1.84 bits per heavy atom. The van der Waals surface area contributed by atoms with Crippen molar-refractivity contribution in [1.82, 2.24) is 5.32 Å². The molecule has 0 amide bonds. The van der Waals surface area contributed by atoms with Crippen molar-refractivity contribution in [1.29, 1.82) is 0 Å². The first-order valence-corrected chi connectivity index (χ1v) is 14.9. The number of carbonyl (C=O) groups is 2. The maximum Gasteiger partial charge on any atom is 0.460 e. The van der Waals surface area contributed by atoms with E-state index in [1.807, 2.05) is 0 Å². The van der Waals surface area contributed by atoms with Gasteiger partial charge in [-0.2, -0.15) is 74.6 Å². The molecule has 0 aliphatic carbocycles. The molecule has 1 saturated heterocycles. The van der Waals surface area contributed by atoms with Crippen molar-refractivity contribution >= 4 is 27.9 Å². The smallest absolute Gasteiger partial charge is 0.460 e. The summed E-state index contributed by atoms with van der Waals surface area (Å²) in [6, 6.07) is 3.84. The topological polar surface area (TPSA) is 73.9 Å². The van der Waals surface area contributed by atoms with Gasteiger partial charge in [-0.1, -0.05) is 15.9 Å². The Balaban J connectivity index is 1.81. The van der Waals surface area contributed by atoms with Crippen molar-refractivity contribution in [2.24, 2.45) is 11.8 Å². The predicted octanol–water partition coefficient (Wildman–Crippen LogP) is 8.37. The van der Waals surface area contributed by atoms with Crippen LogP contribution in [-0.4, -0.2) is 84.9 Å². The second-order valence-electron chi connectivity index (χ2n) is 11.6. The molecule has 0 radical (unpaired) electrons. The van der Waals surface area contributed by atoms with Crippen LogP contribution in [0.25, 0.3) is 0 Å². The van der Waals surface area contributed by atoms with Crippen molar-refractivity contribution in [3.05, 3.63) is 28.2 Å². The summed E-state index contributed by atoms with van der Waals surface area (Å²) in [6.07, 6.45) is -12.3. The van der Waals surface area contributed by atoms with Crippen LogP contribution in [0.2, 0.25) is 0 Å². The molecule has 1 fully saturated rings. The van der Waals surface area contributed by atoms with E-state index >= 15 is 0 Å². The van der Waals surface area contributed by atoms with Gasteiger partial charge in [-0.3, -0.25) is 14.9 Å². The number of fused-ring (bicyclic) bond motifs is 3. The number of hydrogen-bond acceptors (Lipinski definition) is 6. The second kappa shape index (κ2) is 13.3. The van der Waals surface area contributed by atoms with Crippen molar-refractivity contribution in [2.45, 2.75) is 85.9 Å². The molecule has 1 N–H and O–H groups in total. The summed E-state index contributed by atoms with van der Waals surface area (Å²) in [5.41, 5.74) is -1.69. The molecular formula is C27H23BrF17NO5. The summed E-state index contributed by atoms with van der Waals surface area (Å²) < 4.78 is 246. The van der Waals surface area contributed by atoms with Gasteiger partial charge in [0.05, 0.1) is 25.7 Å². The molecule has 0 bridgehead atoms. The Morgan fingerprint density at radius 2 is 1.33 bits per heavy atom. The molecule has 4 atom stereocenters. The third-order valence-corrected chi connectivity index (χ3v) is 8.78. The molecule has 292 valence electrons. The second-order valence-corrected chi connectivity index (χ2v) is 12.5. The highest BCUT2D eigenvalue weighted by atomic mass is 79.9. The lowest BCUT2D eigenvalue weighted by atomic mass is 9.78. The molecule has 0 saturated carbocycles. The summed E-state index contributed by atoms with van der Waals surface area (Å²) in [4.78, 5) is 26.1. The van der Waals surface area contributed by atoms with Crippen LogP contribution in [0.1, 0.15) is 38.3 Å². The van der Waals surface area contributed by atoms with E-state index in [0.29, 0.717) is 15.8 Å². The van der Waals surface area contributed by atoms with Gasteiger partial charge in [-0.05, 0) is 38.5 Å². The molecule has 0 aromatic heterocycles. The quantitative estimate of drug-likeness (QED) is 0.122. The van der Waals surface area contributed by atoms with Gasteiger partial charge in [0.1, 0.15) is 11.3 Å². The molecule has 2 aliphatic rings. The summed E-state index contributed by atoms with van der Waals surface area (Å²) >= 11 is 3.23. The largest absolute Gasteiger partial charge is 0.493 e. The predicted molar refractivity (Wildman–Crippen MR) is 138 cm³/mol. The fraction of sp³-hybridized carbons (Fsp3) is 0.704. The molecule has 24 heteroatoms. The highest BCUT2D eigenvalue weighted by Gasteiger charge is 2.95. The Morgan fingerprint density at radius 1 is 0.824 bits per heavy atom. The minimum absolute atomic E-state index is 0.197. The van der Waals surface area contributed by atoms with Crippen molar-refractivity contribution in [3.8, 4) is 5.75 Å². The fourth-order valence-electron chi connectivity index (χ4n) is 5.51. The van der Waals surface area contributed by atoms with Gasteiger partial charge in [0.25, 0.3) is 0 Å². The SMILES string of the molecule is CCOC(=O)C1C2COc3ccc(Br)cc3C2NC1(C)C(=O)OCCCC(F)(F)C(F)(F)C(F)(F)C(F)(F)C(F)(F)C(F)(F)C(F)(F)C(F)(F)F. The van der Waals surface area contributed by atoms with Crippen molar-refractivity contribution < 1.29 is 98.4 Å². The Labute approximate surface area is 283 Å². The summed E-state index contributed by atoms with van der Waals surface area (Å²) in [5, 5.41) is 2.82. The number of rotatable bonds is 13. The first kappa shape index (κ1) is 42.6. The Kier molecular flexibility index (Phi) is 11.1. The standard InChI is InChI=1S/C27H23BrF17NO5/c1-3-49-17(47)15-13-10-51-14-6-5-11(28)9-12(14)16(13)46-19(15,2)18(48)50-8-4-7-20(29,30)21(31,32)22(33,34)23(35,36)24(37,38)25(39,40)26(41,42)27(43,44)45/h5-6,9,13,15-16,46H,3-4,7-8,10H2,1-2H3. The number of hydrogen-bond donors (Lipinski definition) is 1. The van der Waals surface area contributed by atoms with E-state index in [-0.39, 0.29) is 13.2 Å². The number of esters is 2. The number of nitrogens with one attached hydrogen (secondary N) is 1. The van der Waals surface area contributed by atoms with Crippen LogP contribution in [0.4, 0.5) is 74.6 Å².